The zero-order valence-electron chi connectivity index (χ0n) is 16.2. The molecule has 1 N–H and O–H groups in total. The first-order valence-corrected chi connectivity index (χ1v) is 11.0. The number of ether oxygens (including phenoxy) is 3. The van der Waals surface area contributed by atoms with Crippen LogP contribution in [-0.2, 0) is 5.75 Å². The predicted molar refractivity (Wildman–Crippen MR) is 120 cm³/mol. The van der Waals surface area contributed by atoms with E-state index in [1.807, 2.05) is 0 Å². The van der Waals surface area contributed by atoms with Crippen molar-refractivity contribution in [2.24, 2.45) is 0 Å². The van der Waals surface area contributed by atoms with E-state index in [1.165, 1.54) is 44.4 Å². The quantitative estimate of drug-likeness (QED) is 0.337. The van der Waals surface area contributed by atoms with Crippen LogP contribution in [-0.4, -0.2) is 37.4 Å². The number of benzene rings is 2. The molecule has 158 valence electrons. The van der Waals surface area contributed by atoms with E-state index in [1.54, 1.807) is 30.3 Å². The standard InChI is InChI=1S/C19H17Cl2N3O4S2/c1-26-14-7-10(8-15(27-2)16(14)28-3)17(25)22-18-23-24-19(30-18)29-9-11-12(20)5-4-6-13(11)21/h4-8H,9H2,1-3H3,(H,22,23,25). The molecular formula is C19H17Cl2N3O4S2. The lowest BCUT2D eigenvalue weighted by atomic mass is 10.1. The molecule has 1 amide bonds. The number of hydrogen-bond donors (Lipinski definition) is 1. The minimum atomic E-state index is -0.379. The maximum Gasteiger partial charge on any atom is 0.257 e. The van der Waals surface area contributed by atoms with Crippen molar-refractivity contribution in [2.75, 3.05) is 26.6 Å². The van der Waals surface area contributed by atoms with Gasteiger partial charge in [0.25, 0.3) is 5.91 Å². The van der Waals surface area contributed by atoms with E-state index in [4.69, 9.17) is 37.4 Å². The molecule has 0 atom stereocenters. The number of methoxy groups -OCH3 is 3. The van der Waals surface area contributed by atoms with Gasteiger partial charge in [0.2, 0.25) is 10.9 Å². The maximum atomic E-state index is 12.7. The summed E-state index contributed by atoms with van der Waals surface area (Å²) in [4.78, 5) is 12.7. The lowest BCUT2D eigenvalue weighted by molar-refractivity contribution is 0.102. The van der Waals surface area contributed by atoms with E-state index in [2.05, 4.69) is 15.5 Å². The summed E-state index contributed by atoms with van der Waals surface area (Å²) in [5, 5.41) is 12.4. The zero-order valence-corrected chi connectivity index (χ0v) is 19.3. The van der Waals surface area contributed by atoms with Crippen molar-refractivity contribution in [3.8, 4) is 17.2 Å². The monoisotopic (exact) mass is 485 g/mol. The Bertz CT molecular complexity index is 1020. The fourth-order valence-corrected chi connectivity index (χ4v) is 4.99. The van der Waals surface area contributed by atoms with Crippen LogP contribution in [0.1, 0.15) is 15.9 Å². The molecule has 0 bridgehead atoms. The van der Waals surface area contributed by atoms with Crippen molar-refractivity contribution < 1.29 is 19.0 Å². The second-order valence-electron chi connectivity index (χ2n) is 5.73. The van der Waals surface area contributed by atoms with E-state index in [0.717, 1.165) is 5.56 Å². The number of hydrogen-bond acceptors (Lipinski definition) is 8. The summed E-state index contributed by atoms with van der Waals surface area (Å²) >= 11 is 15.1. The van der Waals surface area contributed by atoms with Gasteiger partial charge in [-0.15, -0.1) is 10.2 Å². The third kappa shape index (κ3) is 5.10. The summed E-state index contributed by atoms with van der Waals surface area (Å²) in [7, 11) is 4.47. The Morgan fingerprint density at radius 1 is 1.07 bits per heavy atom. The molecular weight excluding hydrogens is 469 g/mol. The van der Waals surface area contributed by atoms with Crippen LogP contribution in [0.15, 0.2) is 34.7 Å². The number of halogens is 2. The van der Waals surface area contributed by atoms with Gasteiger partial charge in [-0.05, 0) is 29.8 Å². The van der Waals surface area contributed by atoms with Gasteiger partial charge in [0.1, 0.15) is 0 Å². The number of nitrogens with zero attached hydrogens (tertiary/aromatic N) is 2. The number of carbonyl (C=O) groups is 1. The van der Waals surface area contributed by atoms with Gasteiger partial charge in [-0.25, -0.2) is 0 Å². The molecule has 3 aromatic rings. The Hall–Kier alpha value is -2.20. The van der Waals surface area contributed by atoms with Crippen LogP contribution in [0.3, 0.4) is 0 Å². The minimum Gasteiger partial charge on any atom is -0.493 e. The number of thioether (sulfide) groups is 1. The second kappa shape index (κ2) is 10.2. The normalized spacial score (nSPS) is 10.6. The lowest BCUT2D eigenvalue weighted by Crippen LogP contribution is -2.12. The molecule has 0 aliphatic heterocycles. The van der Waals surface area contributed by atoms with Gasteiger partial charge in [0.05, 0.1) is 21.3 Å². The molecule has 0 fully saturated rings. The van der Waals surface area contributed by atoms with E-state index < -0.39 is 0 Å². The number of aromatic nitrogens is 2. The van der Waals surface area contributed by atoms with Crippen LogP contribution in [0.4, 0.5) is 5.13 Å². The summed E-state index contributed by atoms with van der Waals surface area (Å²) in [6.07, 6.45) is 0. The first-order valence-electron chi connectivity index (χ1n) is 8.47. The molecule has 0 saturated heterocycles. The number of rotatable bonds is 8. The molecule has 11 heteroatoms. The van der Waals surface area contributed by atoms with E-state index in [-0.39, 0.29) is 5.91 Å². The largest absolute Gasteiger partial charge is 0.493 e. The SMILES string of the molecule is COc1cc(C(=O)Nc2nnc(SCc3c(Cl)cccc3Cl)s2)cc(OC)c1OC. The average molecular weight is 486 g/mol. The van der Waals surface area contributed by atoms with Gasteiger partial charge in [-0.3, -0.25) is 10.1 Å². The highest BCUT2D eigenvalue weighted by atomic mass is 35.5. The van der Waals surface area contributed by atoms with Crippen molar-refractivity contribution in [3.63, 3.8) is 0 Å². The van der Waals surface area contributed by atoms with Gasteiger partial charge < -0.3 is 14.2 Å². The number of nitrogens with one attached hydrogen (secondary N) is 1. The molecule has 2 aromatic carbocycles. The molecule has 30 heavy (non-hydrogen) atoms. The molecule has 7 nitrogen and oxygen atoms in total. The highest BCUT2D eigenvalue weighted by Gasteiger charge is 2.18. The first-order chi connectivity index (χ1) is 14.5. The summed E-state index contributed by atoms with van der Waals surface area (Å²) in [5.74, 6) is 1.33. The fourth-order valence-electron chi connectivity index (χ4n) is 2.50. The molecule has 0 spiro atoms. The fraction of sp³-hybridized carbons (Fsp3) is 0.211. The summed E-state index contributed by atoms with van der Waals surface area (Å²) < 4.78 is 16.5. The molecule has 0 radical (unpaired) electrons. The highest BCUT2D eigenvalue weighted by Crippen LogP contribution is 2.38. The molecule has 0 saturated carbocycles. The Morgan fingerprint density at radius 2 is 1.70 bits per heavy atom. The molecule has 1 heterocycles. The van der Waals surface area contributed by atoms with Crippen LogP contribution in [0, 0.1) is 0 Å². The van der Waals surface area contributed by atoms with Gasteiger partial charge in [0, 0.05) is 21.4 Å². The van der Waals surface area contributed by atoms with Crippen molar-refractivity contribution >= 4 is 57.3 Å². The third-order valence-corrected chi connectivity index (χ3v) is 6.66. The van der Waals surface area contributed by atoms with Gasteiger partial charge >= 0.3 is 0 Å². The van der Waals surface area contributed by atoms with E-state index in [0.29, 0.717) is 48.1 Å². The molecule has 0 aliphatic rings. The average Bonchev–Trinajstić information content (AvgIpc) is 3.19. The van der Waals surface area contributed by atoms with Gasteiger partial charge in [0.15, 0.2) is 15.8 Å². The molecule has 0 aliphatic carbocycles. The second-order valence-corrected chi connectivity index (χ2v) is 8.74. The Morgan fingerprint density at radius 3 is 2.27 bits per heavy atom. The maximum absolute atomic E-state index is 12.7. The van der Waals surface area contributed by atoms with Crippen molar-refractivity contribution in [1.82, 2.24) is 10.2 Å². The van der Waals surface area contributed by atoms with E-state index in [9.17, 15) is 4.79 Å². The van der Waals surface area contributed by atoms with Crippen molar-refractivity contribution in [3.05, 3.63) is 51.5 Å². The minimum absolute atomic E-state index is 0.330. The summed E-state index contributed by atoms with van der Waals surface area (Å²) in [5.41, 5.74) is 1.15. The lowest BCUT2D eigenvalue weighted by Gasteiger charge is -2.13. The first kappa shape index (κ1) is 22.5. The van der Waals surface area contributed by atoms with Crippen LogP contribution in [0.25, 0.3) is 0 Å². The summed E-state index contributed by atoms with van der Waals surface area (Å²) in [6, 6.07) is 8.49. The predicted octanol–water partition coefficient (Wildman–Crippen LogP) is 5.42. The zero-order chi connectivity index (χ0) is 21.7. The van der Waals surface area contributed by atoms with Crippen LogP contribution in [0.5, 0.6) is 17.2 Å². The molecule has 3 rings (SSSR count). The van der Waals surface area contributed by atoms with Crippen molar-refractivity contribution in [1.29, 1.82) is 0 Å². The Balaban J connectivity index is 1.71. The number of amides is 1. The van der Waals surface area contributed by atoms with Gasteiger partial charge in [-0.2, -0.15) is 0 Å². The molecule has 1 aromatic heterocycles. The molecule has 0 unspecified atom stereocenters. The summed E-state index contributed by atoms with van der Waals surface area (Å²) in [6.45, 7) is 0. The topological polar surface area (TPSA) is 82.6 Å². The Kier molecular flexibility index (Phi) is 7.65. The number of anilines is 1. The van der Waals surface area contributed by atoms with Crippen LogP contribution in [0.2, 0.25) is 10.0 Å². The van der Waals surface area contributed by atoms with Crippen LogP contribution >= 0.6 is 46.3 Å². The third-order valence-electron chi connectivity index (χ3n) is 3.96. The van der Waals surface area contributed by atoms with Gasteiger partial charge in [-0.1, -0.05) is 52.4 Å². The Labute approximate surface area is 191 Å². The van der Waals surface area contributed by atoms with Crippen LogP contribution < -0.4 is 19.5 Å². The highest BCUT2D eigenvalue weighted by molar-refractivity contribution is 8.00. The smallest absolute Gasteiger partial charge is 0.257 e. The van der Waals surface area contributed by atoms with E-state index >= 15 is 0 Å². The van der Waals surface area contributed by atoms with Crippen molar-refractivity contribution in [2.45, 2.75) is 10.1 Å². The number of carbonyl (C=O) groups excluding carboxylic acids is 1.